The van der Waals surface area contributed by atoms with Gasteiger partial charge in [-0.1, -0.05) is 18.2 Å². The molecule has 0 bridgehead atoms. The number of para-hydroxylation sites is 1. The third-order valence-electron chi connectivity index (χ3n) is 3.47. The summed E-state index contributed by atoms with van der Waals surface area (Å²) < 4.78 is 27.8. The van der Waals surface area contributed by atoms with Gasteiger partial charge in [-0.15, -0.1) is 0 Å². The summed E-state index contributed by atoms with van der Waals surface area (Å²) in [5.41, 5.74) is 5.20. The van der Waals surface area contributed by atoms with Gasteiger partial charge in [0.2, 0.25) is 5.91 Å². The molecule has 1 aromatic carbocycles. The molecule has 0 aliphatic carbocycles. The molecule has 1 aliphatic heterocycles. The van der Waals surface area contributed by atoms with Crippen molar-refractivity contribution in [1.82, 2.24) is 10.9 Å². The number of hydrazine groups is 1. The van der Waals surface area contributed by atoms with Crippen LogP contribution in [0.5, 0.6) is 5.75 Å². The van der Waals surface area contributed by atoms with E-state index < -0.39 is 27.6 Å². The molecule has 2 amide bonds. The van der Waals surface area contributed by atoms with Crippen LogP contribution in [0, 0.1) is 5.92 Å². The first kappa shape index (κ1) is 17.0. The summed E-state index contributed by atoms with van der Waals surface area (Å²) in [6.45, 7) is 0. The van der Waals surface area contributed by atoms with E-state index >= 15 is 0 Å². The summed E-state index contributed by atoms with van der Waals surface area (Å²) in [4.78, 5) is 23.5. The minimum atomic E-state index is -3.13. The number of carbonyl (C=O) groups is 2. The van der Waals surface area contributed by atoms with Crippen molar-refractivity contribution in [3.05, 3.63) is 35.9 Å². The third kappa shape index (κ3) is 4.82. The summed E-state index contributed by atoms with van der Waals surface area (Å²) >= 11 is 0. The zero-order valence-corrected chi connectivity index (χ0v) is 13.4. The van der Waals surface area contributed by atoms with Gasteiger partial charge in [0.15, 0.2) is 9.84 Å². The van der Waals surface area contributed by atoms with Gasteiger partial charge >= 0.3 is 0 Å². The smallest absolute Gasteiger partial charge is 0.262 e. The third-order valence-corrected chi connectivity index (χ3v) is 5.23. The molecular formula is C15H18N2O5S. The molecule has 1 atom stereocenters. The zero-order valence-electron chi connectivity index (χ0n) is 12.6. The molecule has 1 saturated heterocycles. The van der Waals surface area contributed by atoms with Crippen LogP contribution in [0.3, 0.4) is 0 Å². The van der Waals surface area contributed by atoms with Crippen LogP contribution in [0.25, 0.3) is 6.08 Å². The predicted molar refractivity (Wildman–Crippen MR) is 85.1 cm³/mol. The molecule has 1 aliphatic rings. The number of hydrogen-bond acceptors (Lipinski definition) is 5. The number of ether oxygens (including phenoxy) is 1. The van der Waals surface area contributed by atoms with Gasteiger partial charge in [0.25, 0.3) is 5.91 Å². The van der Waals surface area contributed by atoms with E-state index in [0.29, 0.717) is 5.75 Å². The Kier molecular flexibility index (Phi) is 5.38. The van der Waals surface area contributed by atoms with Crippen molar-refractivity contribution in [2.24, 2.45) is 5.92 Å². The highest BCUT2D eigenvalue weighted by Gasteiger charge is 2.32. The van der Waals surface area contributed by atoms with Gasteiger partial charge in [-0.3, -0.25) is 20.4 Å². The molecule has 1 fully saturated rings. The normalized spacial score (nSPS) is 19.4. The summed E-state index contributed by atoms with van der Waals surface area (Å²) in [5, 5.41) is 0. The molecular weight excluding hydrogens is 320 g/mol. The maximum atomic E-state index is 11.8. The van der Waals surface area contributed by atoms with Gasteiger partial charge in [-0.05, 0) is 18.6 Å². The molecule has 0 aromatic heterocycles. The van der Waals surface area contributed by atoms with Gasteiger partial charge in [0, 0.05) is 11.6 Å². The molecule has 7 nitrogen and oxygen atoms in total. The Balaban J connectivity index is 1.85. The highest BCUT2D eigenvalue weighted by atomic mass is 32.2. The van der Waals surface area contributed by atoms with E-state index in [9.17, 15) is 18.0 Å². The number of benzene rings is 1. The summed E-state index contributed by atoms with van der Waals surface area (Å²) in [7, 11) is -1.60. The maximum Gasteiger partial charge on any atom is 0.262 e. The largest absolute Gasteiger partial charge is 0.496 e. The van der Waals surface area contributed by atoms with Crippen LogP contribution in [0.1, 0.15) is 12.0 Å². The number of nitrogens with one attached hydrogen (secondary N) is 2. The number of rotatable bonds is 4. The second-order valence-electron chi connectivity index (χ2n) is 5.15. The highest BCUT2D eigenvalue weighted by molar-refractivity contribution is 7.91. The molecule has 1 heterocycles. The first-order valence-electron chi connectivity index (χ1n) is 7.02. The van der Waals surface area contributed by atoms with Crippen molar-refractivity contribution in [2.75, 3.05) is 18.6 Å². The zero-order chi connectivity index (χ0) is 16.9. The van der Waals surface area contributed by atoms with E-state index in [4.69, 9.17) is 4.74 Å². The number of hydrogen-bond donors (Lipinski definition) is 2. The Hall–Kier alpha value is -2.35. The fourth-order valence-electron chi connectivity index (χ4n) is 2.24. The second-order valence-corrected chi connectivity index (χ2v) is 7.38. The SMILES string of the molecule is COc1ccccc1/C=C/C(=O)NNC(=O)[C@@H]1CCS(=O)(=O)C1. The maximum absolute atomic E-state index is 11.8. The van der Waals surface area contributed by atoms with E-state index in [1.807, 2.05) is 12.1 Å². The van der Waals surface area contributed by atoms with Crippen LogP contribution >= 0.6 is 0 Å². The molecule has 8 heteroatoms. The predicted octanol–water partition coefficient (Wildman–Crippen LogP) is 0.290. The first-order chi connectivity index (χ1) is 10.9. The molecule has 1 aromatic rings. The van der Waals surface area contributed by atoms with E-state index in [1.54, 1.807) is 18.2 Å². The Morgan fingerprint density at radius 3 is 2.65 bits per heavy atom. The molecule has 23 heavy (non-hydrogen) atoms. The summed E-state index contributed by atoms with van der Waals surface area (Å²) in [6.07, 6.45) is 3.09. The molecule has 124 valence electrons. The Labute approximate surface area is 134 Å². The standard InChI is InChI=1S/C15H18N2O5S/c1-22-13-5-3-2-4-11(13)6-7-14(18)16-17-15(19)12-8-9-23(20,21)10-12/h2-7,12H,8-10H2,1H3,(H,16,18)(H,17,19)/b7-6+/t12-/m1/s1. The Morgan fingerprint density at radius 1 is 1.26 bits per heavy atom. The van der Waals surface area contributed by atoms with Gasteiger partial charge in [0.1, 0.15) is 5.75 Å². The lowest BCUT2D eigenvalue weighted by molar-refractivity contribution is -0.129. The van der Waals surface area contributed by atoms with Crippen molar-refractivity contribution in [3.8, 4) is 5.75 Å². The summed E-state index contributed by atoms with van der Waals surface area (Å²) in [5.74, 6) is -1.18. The minimum Gasteiger partial charge on any atom is -0.496 e. The average Bonchev–Trinajstić information content (AvgIpc) is 2.91. The number of sulfone groups is 1. The number of amides is 2. The fraction of sp³-hybridized carbons (Fsp3) is 0.333. The second kappa shape index (κ2) is 7.28. The molecule has 0 unspecified atom stereocenters. The molecule has 0 saturated carbocycles. The van der Waals surface area contributed by atoms with Crippen LogP contribution in [0.2, 0.25) is 0 Å². The average molecular weight is 338 g/mol. The molecule has 2 N–H and O–H groups in total. The quantitative estimate of drug-likeness (QED) is 0.607. The van der Waals surface area contributed by atoms with Crippen LogP contribution in [-0.2, 0) is 19.4 Å². The molecule has 0 radical (unpaired) electrons. The van der Waals surface area contributed by atoms with Gasteiger partial charge in [-0.25, -0.2) is 8.42 Å². The number of carbonyl (C=O) groups excluding carboxylic acids is 2. The monoisotopic (exact) mass is 338 g/mol. The lowest BCUT2D eigenvalue weighted by atomic mass is 10.1. The van der Waals surface area contributed by atoms with Gasteiger partial charge in [0.05, 0.1) is 24.5 Å². The van der Waals surface area contributed by atoms with Crippen LogP contribution in [0.15, 0.2) is 30.3 Å². The van der Waals surface area contributed by atoms with Crippen molar-refractivity contribution >= 4 is 27.7 Å². The Bertz CT molecular complexity index is 727. The summed E-state index contributed by atoms with van der Waals surface area (Å²) in [6, 6.07) is 7.17. The Morgan fingerprint density at radius 2 is 2.00 bits per heavy atom. The van der Waals surface area contributed by atoms with Crippen molar-refractivity contribution in [2.45, 2.75) is 6.42 Å². The van der Waals surface area contributed by atoms with Crippen molar-refractivity contribution in [1.29, 1.82) is 0 Å². The highest BCUT2D eigenvalue weighted by Crippen LogP contribution is 2.19. The van der Waals surface area contributed by atoms with Gasteiger partial charge in [-0.2, -0.15) is 0 Å². The van der Waals surface area contributed by atoms with Crippen LogP contribution in [-0.4, -0.2) is 38.8 Å². The first-order valence-corrected chi connectivity index (χ1v) is 8.85. The topological polar surface area (TPSA) is 102 Å². The van der Waals surface area contributed by atoms with E-state index in [0.717, 1.165) is 5.56 Å². The van der Waals surface area contributed by atoms with E-state index in [-0.39, 0.29) is 17.9 Å². The van der Waals surface area contributed by atoms with Crippen LogP contribution < -0.4 is 15.6 Å². The van der Waals surface area contributed by atoms with Gasteiger partial charge < -0.3 is 4.74 Å². The van der Waals surface area contributed by atoms with Crippen molar-refractivity contribution < 1.29 is 22.7 Å². The van der Waals surface area contributed by atoms with Crippen molar-refractivity contribution in [3.63, 3.8) is 0 Å². The van der Waals surface area contributed by atoms with E-state index in [2.05, 4.69) is 10.9 Å². The molecule has 2 rings (SSSR count). The lowest BCUT2D eigenvalue weighted by Gasteiger charge is -2.09. The van der Waals surface area contributed by atoms with E-state index in [1.165, 1.54) is 13.2 Å². The number of methoxy groups -OCH3 is 1. The minimum absolute atomic E-state index is 0.00668. The fourth-order valence-corrected chi connectivity index (χ4v) is 3.98. The lowest BCUT2D eigenvalue weighted by Crippen LogP contribution is -2.44. The van der Waals surface area contributed by atoms with Crippen LogP contribution in [0.4, 0.5) is 0 Å². The molecule has 0 spiro atoms.